The maximum Gasteiger partial charge on any atom is 0.223 e. The summed E-state index contributed by atoms with van der Waals surface area (Å²) in [6.07, 6.45) is 1.70. The molecule has 4 nitrogen and oxygen atoms in total. The summed E-state index contributed by atoms with van der Waals surface area (Å²) in [5, 5.41) is 5.20. The number of pyridine rings is 1. The predicted octanol–water partition coefficient (Wildman–Crippen LogP) is 2.72. The average Bonchev–Trinajstić information content (AvgIpc) is 2.63. The van der Waals surface area contributed by atoms with E-state index in [2.05, 4.69) is 15.1 Å². The van der Waals surface area contributed by atoms with Crippen LogP contribution in [0.3, 0.4) is 0 Å². The Bertz CT molecular complexity index is 460. The van der Waals surface area contributed by atoms with Gasteiger partial charge in [0.15, 0.2) is 5.82 Å². The van der Waals surface area contributed by atoms with Crippen LogP contribution < -0.4 is 0 Å². The van der Waals surface area contributed by atoms with Crippen molar-refractivity contribution in [2.75, 3.05) is 0 Å². The van der Waals surface area contributed by atoms with E-state index in [1.165, 1.54) is 11.8 Å². The Kier molecular flexibility index (Phi) is 3.23. The Balaban J connectivity index is 2.02. The summed E-state index contributed by atoms with van der Waals surface area (Å²) in [5.74, 6) is 1.82. The van der Waals surface area contributed by atoms with Gasteiger partial charge in [-0.05, 0) is 12.1 Å². The molecule has 2 rings (SSSR count). The molecule has 0 bridgehead atoms. The molecule has 2 heterocycles. The van der Waals surface area contributed by atoms with E-state index in [1.807, 2.05) is 0 Å². The van der Waals surface area contributed by atoms with Gasteiger partial charge in [0.05, 0.1) is 10.8 Å². The molecule has 0 atom stereocenters. The number of halogens is 1. The smallest absolute Gasteiger partial charge is 0.223 e. The molecule has 0 aromatic carbocycles. The normalized spacial score (nSPS) is 10.5. The van der Waals surface area contributed by atoms with E-state index in [-0.39, 0.29) is 0 Å². The van der Waals surface area contributed by atoms with Crippen LogP contribution in [0.4, 0.5) is 0 Å². The number of nitrogens with zero attached hydrogens (tertiary/aromatic N) is 3. The van der Waals surface area contributed by atoms with Gasteiger partial charge in [0.2, 0.25) is 5.89 Å². The number of aromatic nitrogens is 3. The summed E-state index contributed by atoms with van der Waals surface area (Å²) >= 11 is 7.43. The first-order chi connectivity index (χ1) is 7.25. The molecule has 0 aliphatic heterocycles. The second-order valence-corrected chi connectivity index (χ2v) is 4.18. The number of hydrogen-bond donors (Lipinski definition) is 0. The zero-order valence-electron chi connectivity index (χ0n) is 7.98. The van der Waals surface area contributed by atoms with Crippen LogP contribution in [0.25, 0.3) is 0 Å². The molecule has 2 aromatic rings. The number of thioether (sulfide) groups is 1. The zero-order valence-corrected chi connectivity index (χ0v) is 9.55. The SMILES string of the molecule is Cc1nc(CSc2ncccc2Cl)no1. The fraction of sp³-hybridized carbons (Fsp3) is 0.222. The largest absolute Gasteiger partial charge is 0.340 e. The van der Waals surface area contributed by atoms with Crippen molar-refractivity contribution in [1.82, 2.24) is 15.1 Å². The minimum atomic E-state index is 0.567. The summed E-state index contributed by atoms with van der Waals surface area (Å²) in [7, 11) is 0. The summed E-state index contributed by atoms with van der Waals surface area (Å²) in [4.78, 5) is 8.23. The molecule has 0 aliphatic carbocycles. The van der Waals surface area contributed by atoms with E-state index >= 15 is 0 Å². The molecule has 0 spiro atoms. The van der Waals surface area contributed by atoms with Crippen LogP contribution >= 0.6 is 23.4 Å². The van der Waals surface area contributed by atoms with Crippen molar-refractivity contribution in [2.45, 2.75) is 17.7 Å². The summed E-state index contributed by atoms with van der Waals surface area (Å²) in [5.41, 5.74) is 0. The van der Waals surface area contributed by atoms with Crippen LogP contribution in [-0.4, -0.2) is 15.1 Å². The Labute approximate surface area is 96.0 Å². The average molecular weight is 242 g/mol. The second kappa shape index (κ2) is 4.63. The summed E-state index contributed by atoms with van der Waals surface area (Å²) in [6.45, 7) is 1.76. The third-order valence-electron chi connectivity index (χ3n) is 1.63. The van der Waals surface area contributed by atoms with Gasteiger partial charge in [-0.2, -0.15) is 4.98 Å². The molecular formula is C9H8ClN3OS. The van der Waals surface area contributed by atoms with Crippen LogP contribution in [0.1, 0.15) is 11.7 Å². The van der Waals surface area contributed by atoms with Gasteiger partial charge in [-0.1, -0.05) is 28.5 Å². The van der Waals surface area contributed by atoms with Gasteiger partial charge in [0, 0.05) is 13.1 Å². The lowest BCUT2D eigenvalue weighted by Crippen LogP contribution is -1.86. The topological polar surface area (TPSA) is 51.8 Å². The van der Waals surface area contributed by atoms with Crippen molar-refractivity contribution in [3.8, 4) is 0 Å². The first-order valence-corrected chi connectivity index (χ1v) is 5.64. The van der Waals surface area contributed by atoms with E-state index < -0.39 is 0 Å². The molecule has 0 aliphatic rings. The van der Waals surface area contributed by atoms with Gasteiger partial charge in [-0.15, -0.1) is 0 Å². The van der Waals surface area contributed by atoms with E-state index in [0.29, 0.717) is 22.5 Å². The number of rotatable bonds is 3. The Hall–Kier alpha value is -1.07. The molecule has 0 amide bonds. The van der Waals surface area contributed by atoms with Crippen molar-refractivity contribution < 1.29 is 4.52 Å². The highest BCUT2D eigenvalue weighted by atomic mass is 35.5. The first-order valence-electron chi connectivity index (χ1n) is 4.28. The summed E-state index contributed by atoms with van der Waals surface area (Å²) in [6, 6.07) is 3.60. The first kappa shape index (κ1) is 10.4. The van der Waals surface area contributed by atoms with Crippen LogP contribution in [0.2, 0.25) is 5.02 Å². The lowest BCUT2D eigenvalue weighted by atomic mass is 10.5. The molecule has 0 saturated carbocycles. The van der Waals surface area contributed by atoms with Gasteiger partial charge in [0.25, 0.3) is 0 Å². The van der Waals surface area contributed by atoms with Gasteiger partial charge in [-0.25, -0.2) is 4.98 Å². The standard InChI is InChI=1S/C9H8ClN3OS/c1-6-12-8(13-14-6)5-15-9-7(10)3-2-4-11-9/h2-4H,5H2,1H3. The number of aryl methyl sites for hydroxylation is 1. The van der Waals surface area contributed by atoms with Crippen molar-refractivity contribution >= 4 is 23.4 Å². The van der Waals surface area contributed by atoms with E-state index in [9.17, 15) is 0 Å². The fourth-order valence-corrected chi connectivity index (χ4v) is 2.02. The summed E-state index contributed by atoms with van der Waals surface area (Å²) < 4.78 is 4.86. The maximum atomic E-state index is 5.95. The highest BCUT2D eigenvalue weighted by Gasteiger charge is 2.06. The molecule has 0 radical (unpaired) electrons. The third-order valence-corrected chi connectivity index (χ3v) is 3.05. The van der Waals surface area contributed by atoms with Gasteiger partial charge < -0.3 is 4.52 Å². The monoisotopic (exact) mass is 241 g/mol. The molecule has 78 valence electrons. The van der Waals surface area contributed by atoms with Gasteiger partial charge in [-0.3, -0.25) is 0 Å². The van der Waals surface area contributed by atoms with Crippen molar-refractivity contribution in [1.29, 1.82) is 0 Å². The minimum Gasteiger partial charge on any atom is -0.340 e. The third kappa shape index (κ3) is 2.70. The van der Waals surface area contributed by atoms with E-state index in [4.69, 9.17) is 16.1 Å². The molecular weight excluding hydrogens is 234 g/mol. The molecule has 0 saturated heterocycles. The fourth-order valence-electron chi connectivity index (χ4n) is 1.01. The molecule has 6 heteroatoms. The van der Waals surface area contributed by atoms with Crippen molar-refractivity contribution in [3.05, 3.63) is 35.1 Å². The van der Waals surface area contributed by atoms with Gasteiger partial charge in [0.1, 0.15) is 5.03 Å². The predicted molar refractivity (Wildman–Crippen MR) is 57.8 cm³/mol. The minimum absolute atomic E-state index is 0.567. The van der Waals surface area contributed by atoms with E-state index in [1.54, 1.807) is 25.3 Å². The lowest BCUT2D eigenvalue weighted by Gasteiger charge is -1.98. The second-order valence-electron chi connectivity index (χ2n) is 2.81. The zero-order chi connectivity index (χ0) is 10.7. The van der Waals surface area contributed by atoms with Crippen LogP contribution in [0, 0.1) is 6.92 Å². The maximum absolute atomic E-state index is 5.95. The molecule has 0 fully saturated rings. The van der Waals surface area contributed by atoms with Crippen molar-refractivity contribution in [3.63, 3.8) is 0 Å². The Morgan fingerprint density at radius 3 is 3.07 bits per heavy atom. The quantitative estimate of drug-likeness (QED) is 0.774. The van der Waals surface area contributed by atoms with E-state index in [0.717, 1.165) is 5.03 Å². The lowest BCUT2D eigenvalue weighted by molar-refractivity contribution is 0.389. The molecule has 15 heavy (non-hydrogen) atoms. The van der Waals surface area contributed by atoms with Crippen LogP contribution in [-0.2, 0) is 5.75 Å². The van der Waals surface area contributed by atoms with Crippen LogP contribution in [0.15, 0.2) is 27.9 Å². The van der Waals surface area contributed by atoms with Crippen molar-refractivity contribution in [2.24, 2.45) is 0 Å². The van der Waals surface area contributed by atoms with Crippen LogP contribution in [0.5, 0.6) is 0 Å². The highest BCUT2D eigenvalue weighted by Crippen LogP contribution is 2.26. The molecule has 2 aromatic heterocycles. The molecule has 0 unspecified atom stereocenters. The Morgan fingerprint density at radius 1 is 1.53 bits per heavy atom. The highest BCUT2D eigenvalue weighted by molar-refractivity contribution is 7.98. The molecule has 0 N–H and O–H groups in total. The number of hydrogen-bond acceptors (Lipinski definition) is 5. The Morgan fingerprint density at radius 2 is 2.40 bits per heavy atom. The van der Waals surface area contributed by atoms with Gasteiger partial charge >= 0.3 is 0 Å².